The maximum atomic E-state index is 13.0. The van der Waals surface area contributed by atoms with E-state index in [2.05, 4.69) is 57.7 Å². The Morgan fingerprint density at radius 1 is 0.480 bits per heavy atom. The van der Waals surface area contributed by atoms with Crippen molar-refractivity contribution in [2.24, 2.45) is 11.8 Å². The fourth-order valence-corrected chi connectivity index (χ4v) is 8.53. The van der Waals surface area contributed by atoms with Crippen LogP contribution < -0.4 is 21.3 Å². The van der Waals surface area contributed by atoms with Crippen molar-refractivity contribution in [1.29, 1.82) is 0 Å². The summed E-state index contributed by atoms with van der Waals surface area (Å²) in [6.45, 7) is 12.0. The molecule has 19 heteroatoms. The van der Waals surface area contributed by atoms with Crippen molar-refractivity contribution < 1.29 is 38.6 Å². The van der Waals surface area contributed by atoms with Gasteiger partial charge in [0, 0.05) is 28.6 Å². The number of aliphatic carboxylic acids is 1. The Labute approximate surface area is 480 Å². The number of esters is 1. The van der Waals surface area contributed by atoms with Crippen molar-refractivity contribution in [1.82, 2.24) is 10.6 Å². The summed E-state index contributed by atoms with van der Waals surface area (Å²) in [6.07, 6.45) is 0.214. The average molecular weight is 1250 g/mol. The number of hydrogen-bond acceptors (Lipinski definition) is 7. The molecule has 6 rings (SSSR count). The second-order valence-corrected chi connectivity index (χ2v) is 21.1. The third kappa shape index (κ3) is 19.3. The predicted molar refractivity (Wildman–Crippen MR) is 311 cm³/mol. The lowest BCUT2D eigenvalue weighted by Gasteiger charge is -2.20. The Hall–Kier alpha value is -5.39. The molecule has 0 aliphatic rings. The zero-order valence-corrected chi connectivity index (χ0v) is 48.3. The lowest BCUT2D eigenvalue weighted by molar-refractivity contribution is -0.147. The van der Waals surface area contributed by atoms with Gasteiger partial charge in [-0.1, -0.05) is 181 Å². The van der Waals surface area contributed by atoms with Crippen molar-refractivity contribution in [2.75, 3.05) is 21.7 Å². The normalized spacial score (nSPS) is 11.5. The van der Waals surface area contributed by atoms with Crippen LogP contribution in [0.25, 0.3) is 0 Å². The SMILES string of the molecule is CC(C)CI.Cc1cccc(Cl)c1C(=O)NC(Cc1ccc(NC(=O)c2c(Cl)cccc2Cl)cc1)C(=O)O.Cc1cccc(Cl)c1C(=O)NC(Cc1ccc(NC(=O)c2c(Cl)cccc2Cl)cc1)C(=O)OCC(C)C. The summed E-state index contributed by atoms with van der Waals surface area (Å²) in [6, 6.07) is 31.1. The number of nitrogens with one attached hydrogen (secondary N) is 4. The fraction of sp³-hybridized carbons (Fsp3) is 0.250. The van der Waals surface area contributed by atoms with Crippen LogP contribution in [0.15, 0.2) is 121 Å². The van der Waals surface area contributed by atoms with Crippen LogP contribution in [0.5, 0.6) is 0 Å². The molecular weight excluding hydrogens is 1200 g/mol. The van der Waals surface area contributed by atoms with Gasteiger partial charge in [0.2, 0.25) is 0 Å². The molecule has 0 radical (unpaired) electrons. The number of ether oxygens (including phenoxy) is 1. The molecule has 0 aromatic heterocycles. The van der Waals surface area contributed by atoms with Crippen LogP contribution in [-0.2, 0) is 27.2 Å². The number of halogens is 7. The number of carboxylic acids is 1. The van der Waals surface area contributed by atoms with Crippen LogP contribution >= 0.6 is 92.2 Å². The monoisotopic (exact) mass is 1250 g/mol. The maximum Gasteiger partial charge on any atom is 0.329 e. The lowest BCUT2D eigenvalue weighted by Crippen LogP contribution is -2.44. The number of benzene rings is 6. The Kier molecular flexibility index (Phi) is 25.2. The van der Waals surface area contributed by atoms with Gasteiger partial charge in [0.1, 0.15) is 12.1 Å². The predicted octanol–water partition coefficient (Wildman–Crippen LogP) is 14.5. The number of rotatable bonds is 17. The number of hydrogen-bond donors (Lipinski definition) is 5. The van der Waals surface area contributed by atoms with Gasteiger partial charge < -0.3 is 31.1 Å². The number of carbonyl (C=O) groups is 6. The van der Waals surface area contributed by atoms with Gasteiger partial charge in [-0.05, 0) is 109 Å². The Morgan fingerprint density at radius 2 is 0.800 bits per heavy atom. The number of carbonyl (C=O) groups excluding carboxylic acids is 5. The van der Waals surface area contributed by atoms with Gasteiger partial charge in [-0.2, -0.15) is 0 Å². The lowest BCUT2D eigenvalue weighted by atomic mass is 10.0. The van der Waals surface area contributed by atoms with Crippen molar-refractivity contribution >= 4 is 139 Å². The smallest absolute Gasteiger partial charge is 0.329 e. The Morgan fingerprint density at radius 3 is 1.12 bits per heavy atom. The molecule has 75 heavy (non-hydrogen) atoms. The highest BCUT2D eigenvalue weighted by Gasteiger charge is 2.27. The highest BCUT2D eigenvalue weighted by atomic mass is 127. The molecule has 0 aliphatic heterocycles. The van der Waals surface area contributed by atoms with E-state index in [0.29, 0.717) is 38.7 Å². The van der Waals surface area contributed by atoms with Gasteiger partial charge in [0.25, 0.3) is 23.6 Å². The van der Waals surface area contributed by atoms with E-state index in [1.165, 1.54) is 4.43 Å². The molecule has 6 aromatic rings. The number of aryl methyl sites for hydroxylation is 2. The van der Waals surface area contributed by atoms with Crippen LogP contribution in [-0.4, -0.2) is 63.8 Å². The van der Waals surface area contributed by atoms with Crippen LogP contribution in [0.1, 0.15) is 91.4 Å². The summed E-state index contributed by atoms with van der Waals surface area (Å²) in [5.41, 5.74) is 4.60. The second-order valence-electron chi connectivity index (χ2n) is 17.7. The van der Waals surface area contributed by atoms with E-state index in [0.717, 1.165) is 11.5 Å². The molecule has 0 heterocycles. The molecule has 0 spiro atoms. The largest absolute Gasteiger partial charge is 0.480 e. The first kappa shape index (κ1) is 62.2. The van der Waals surface area contributed by atoms with Crippen LogP contribution in [0.2, 0.25) is 30.1 Å². The quantitative estimate of drug-likeness (QED) is 0.0340. The molecule has 0 aliphatic carbocycles. The zero-order valence-electron chi connectivity index (χ0n) is 41.6. The molecule has 4 amide bonds. The molecular formula is C56H55Cl6IN4O8. The maximum absolute atomic E-state index is 13.0. The molecule has 12 nitrogen and oxygen atoms in total. The van der Waals surface area contributed by atoms with E-state index >= 15 is 0 Å². The molecule has 0 bridgehead atoms. The molecule has 6 aromatic carbocycles. The highest BCUT2D eigenvalue weighted by Crippen LogP contribution is 2.28. The summed E-state index contributed by atoms with van der Waals surface area (Å²) in [5.74, 6) is -2.65. The van der Waals surface area contributed by atoms with Gasteiger partial charge in [-0.3, -0.25) is 19.2 Å². The molecule has 396 valence electrons. The molecule has 0 fully saturated rings. The summed E-state index contributed by atoms with van der Waals surface area (Å²) < 4.78 is 6.69. The van der Waals surface area contributed by atoms with Crippen molar-refractivity contribution in [2.45, 2.75) is 66.5 Å². The number of carboxylic acid groups (broad SMARTS) is 1. The second kappa shape index (κ2) is 30.4. The first-order chi connectivity index (χ1) is 35.5. The first-order valence-corrected chi connectivity index (χ1v) is 27.1. The Bertz CT molecular complexity index is 2900. The third-order valence-electron chi connectivity index (χ3n) is 10.6. The standard InChI is InChI=1S/C28H27Cl3N2O4.C24H19Cl3N2O4.C4H9I/c1-16(2)15-37-28(36)23(33-26(34)24-17(3)6-4-7-20(24)29)14-18-10-12-19(13-11-18)32-27(35)25-21(30)8-5-9-22(25)31;1-13-4-2-5-16(25)20(13)22(30)29-19(24(32)33)12-14-8-10-15(11-9-14)28-23(31)21-17(26)6-3-7-18(21)27;1-4(2)3-5/h4-13,16,23H,14-15H2,1-3H3,(H,32,35)(H,33,34);2-11,19H,12H2,1H3,(H,28,31)(H,29,30)(H,32,33);4H,3H2,1-2H3. The minimum absolute atomic E-state index is 0.0368. The van der Waals surface area contributed by atoms with Crippen LogP contribution in [0.3, 0.4) is 0 Å². The van der Waals surface area contributed by atoms with Gasteiger partial charge in [-0.25, -0.2) is 9.59 Å². The molecule has 2 atom stereocenters. The number of amides is 4. The third-order valence-corrected chi connectivity index (χ3v) is 14.3. The number of alkyl halides is 1. The van der Waals surface area contributed by atoms with Crippen LogP contribution in [0.4, 0.5) is 11.4 Å². The van der Waals surface area contributed by atoms with Crippen molar-refractivity contribution in [3.8, 4) is 0 Å². The van der Waals surface area contributed by atoms with E-state index in [1.54, 1.807) is 135 Å². The van der Waals surface area contributed by atoms with Gasteiger partial charge >= 0.3 is 11.9 Å². The summed E-state index contributed by atoms with van der Waals surface area (Å²) >= 11 is 39.1. The minimum Gasteiger partial charge on any atom is -0.480 e. The van der Waals surface area contributed by atoms with Gasteiger partial charge in [-0.15, -0.1) is 0 Å². The molecule has 0 saturated heterocycles. The van der Waals surface area contributed by atoms with E-state index in [-0.39, 0.29) is 67.2 Å². The van der Waals surface area contributed by atoms with Gasteiger partial charge in [0.05, 0.1) is 59.0 Å². The van der Waals surface area contributed by atoms with Gasteiger partial charge in [0.15, 0.2) is 0 Å². The molecule has 5 N–H and O–H groups in total. The van der Waals surface area contributed by atoms with E-state index in [1.807, 2.05) is 13.8 Å². The Balaban J connectivity index is 0.000000299. The highest BCUT2D eigenvalue weighted by molar-refractivity contribution is 14.1. The van der Waals surface area contributed by atoms with E-state index in [9.17, 15) is 33.9 Å². The van der Waals surface area contributed by atoms with E-state index in [4.69, 9.17) is 74.3 Å². The molecule has 0 saturated carbocycles. The first-order valence-electron chi connectivity index (χ1n) is 23.3. The van der Waals surface area contributed by atoms with Crippen molar-refractivity contribution in [3.63, 3.8) is 0 Å². The average Bonchev–Trinajstić information content (AvgIpc) is 3.34. The van der Waals surface area contributed by atoms with Crippen LogP contribution in [0, 0.1) is 25.7 Å². The summed E-state index contributed by atoms with van der Waals surface area (Å²) in [7, 11) is 0. The summed E-state index contributed by atoms with van der Waals surface area (Å²) in [4.78, 5) is 75.4. The molecule has 2 unspecified atom stereocenters. The van der Waals surface area contributed by atoms with Crippen molar-refractivity contribution in [3.05, 3.63) is 196 Å². The summed E-state index contributed by atoms with van der Waals surface area (Å²) in [5, 5.41) is 21.8. The minimum atomic E-state index is -1.18. The topological polar surface area (TPSA) is 180 Å². The fourth-order valence-electron chi connectivity index (χ4n) is 6.78. The zero-order chi connectivity index (χ0) is 55.5. The van der Waals surface area contributed by atoms with E-state index < -0.39 is 47.7 Å². The number of anilines is 2.